The molecule has 17 heavy (non-hydrogen) atoms. The number of carbonyl (C=O) groups excluding carboxylic acids is 1. The first-order chi connectivity index (χ1) is 7.79. The Balaban J connectivity index is 0.00000144. The van der Waals surface area contributed by atoms with Crippen LogP contribution in [0.1, 0.15) is 6.42 Å². The summed E-state index contributed by atoms with van der Waals surface area (Å²) in [6.45, 7) is 1.71. The van der Waals surface area contributed by atoms with Crippen molar-refractivity contribution >= 4 is 24.0 Å². The van der Waals surface area contributed by atoms with Crippen LogP contribution in [-0.4, -0.2) is 26.1 Å². The summed E-state index contributed by atoms with van der Waals surface area (Å²) in [7, 11) is 1.62. The minimum absolute atomic E-state index is 0. The largest absolute Gasteiger partial charge is 0.497 e. The standard InChI is InChI=1S/C12H16N2O2.ClH/c1-16-11-4-2-10(3-5-11)14-12(15)9-6-7-13-8-9;/h2-5,9,13H,6-8H2,1H3,(H,14,15);1H. The van der Waals surface area contributed by atoms with Gasteiger partial charge in [-0.1, -0.05) is 0 Å². The molecule has 1 aliphatic heterocycles. The summed E-state index contributed by atoms with van der Waals surface area (Å²) in [6.07, 6.45) is 0.919. The molecule has 2 rings (SSSR count). The monoisotopic (exact) mass is 256 g/mol. The Bertz CT molecular complexity index is 361. The van der Waals surface area contributed by atoms with E-state index < -0.39 is 0 Å². The van der Waals surface area contributed by atoms with Gasteiger partial charge in [-0.15, -0.1) is 12.4 Å². The van der Waals surface area contributed by atoms with Crippen LogP contribution in [0.15, 0.2) is 24.3 Å². The molecule has 4 nitrogen and oxygen atoms in total. The molecule has 0 saturated carbocycles. The minimum Gasteiger partial charge on any atom is -0.497 e. The summed E-state index contributed by atoms with van der Waals surface area (Å²) >= 11 is 0. The Morgan fingerprint density at radius 3 is 2.65 bits per heavy atom. The van der Waals surface area contributed by atoms with Crippen LogP contribution in [0.3, 0.4) is 0 Å². The molecular formula is C12H17ClN2O2. The zero-order chi connectivity index (χ0) is 11.4. The lowest BCUT2D eigenvalue weighted by Crippen LogP contribution is -2.24. The molecule has 0 radical (unpaired) electrons. The van der Waals surface area contributed by atoms with Gasteiger partial charge >= 0.3 is 0 Å². The molecule has 0 aliphatic carbocycles. The van der Waals surface area contributed by atoms with Crippen LogP contribution in [0.2, 0.25) is 0 Å². The molecule has 1 atom stereocenters. The Morgan fingerprint density at radius 1 is 1.41 bits per heavy atom. The van der Waals surface area contributed by atoms with Crippen LogP contribution in [0.25, 0.3) is 0 Å². The van der Waals surface area contributed by atoms with Crippen molar-refractivity contribution in [2.45, 2.75) is 6.42 Å². The predicted molar refractivity (Wildman–Crippen MR) is 69.8 cm³/mol. The second-order valence-electron chi connectivity index (χ2n) is 3.91. The molecule has 2 N–H and O–H groups in total. The van der Waals surface area contributed by atoms with Crippen LogP contribution in [0, 0.1) is 5.92 Å². The van der Waals surface area contributed by atoms with Crippen LogP contribution >= 0.6 is 12.4 Å². The van der Waals surface area contributed by atoms with E-state index in [1.165, 1.54) is 0 Å². The van der Waals surface area contributed by atoms with Crippen molar-refractivity contribution in [3.8, 4) is 5.75 Å². The van der Waals surface area contributed by atoms with Crippen molar-refractivity contribution in [1.82, 2.24) is 5.32 Å². The fourth-order valence-electron chi connectivity index (χ4n) is 1.80. The maximum absolute atomic E-state index is 11.8. The number of methoxy groups -OCH3 is 1. The molecule has 1 fully saturated rings. The number of amides is 1. The molecule has 0 spiro atoms. The van der Waals surface area contributed by atoms with Crippen LogP contribution in [-0.2, 0) is 4.79 Å². The summed E-state index contributed by atoms with van der Waals surface area (Å²) in [4.78, 5) is 11.8. The fraction of sp³-hybridized carbons (Fsp3) is 0.417. The topological polar surface area (TPSA) is 50.4 Å². The van der Waals surface area contributed by atoms with Gasteiger partial charge in [0.15, 0.2) is 0 Å². The SMILES string of the molecule is COc1ccc(NC(=O)C2CCNC2)cc1.Cl. The number of rotatable bonds is 3. The van der Waals surface area contributed by atoms with E-state index in [2.05, 4.69) is 10.6 Å². The lowest BCUT2D eigenvalue weighted by molar-refractivity contribution is -0.119. The van der Waals surface area contributed by atoms with Gasteiger partial charge in [-0.25, -0.2) is 0 Å². The van der Waals surface area contributed by atoms with Crippen LogP contribution in [0.4, 0.5) is 5.69 Å². The lowest BCUT2D eigenvalue weighted by atomic mass is 10.1. The molecule has 0 bridgehead atoms. The van der Waals surface area contributed by atoms with Crippen molar-refractivity contribution in [3.05, 3.63) is 24.3 Å². The van der Waals surface area contributed by atoms with Gasteiger partial charge in [-0.2, -0.15) is 0 Å². The molecule has 1 aromatic carbocycles. The van der Waals surface area contributed by atoms with E-state index in [0.29, 0.717) is 0 Å². The number of carbonyl (C=O) groups is 1. The highest BCUT2D eigenvalue weighted by molar-refractivity contribution is 5.92. The van der Waals surface area contributed by atoms with Gasteiger partial charge in [0.25, 0.3) is 0 Å². The average molecular weight is 257 g/mol. The van der Waals surface area contributed by atoms with Gasteiger partial charge in [0.1, 0.15) is 5.75 Å². The first kappa shape index (κ1) is 13.8. The summed E-state index contributed by atoms with van der Waals surface area (Å²) in [5.41, 5.74) is 0.817. The average Bonchev–Trinajstić information content (AvgIpc) is 2.83. The molecule has 94 valence electrons. The smallest absolute Gasteiger partial charge is 0.228 e. The predicted octanol–water partition coefficient (Wildman–Crippen LogP) is 1.66. The summed E-state index contributed by atoms with van der Waals surface area (Å²) in [5.74, 6) is 0.984. The van der Waals surface area contributed by atoms with Gasteiger partial charge in [-0.3, -0.25) is 4.79 Å². The third-order valence-electron chi connectivity index (χ3n) is 2.79. The maximum Gasteiger partial charge on any atom is 0.228 e. The maximum atomic E-state index is 11.8. The van der Waals surface area contributed by atoms with E-state index >= 15 is 0 Å². The number of anilines is 1. The molecule has 5 heteroatoms. The molecule has 1 heterocycles. The minimum atomic E-state index is 0. The normalized spacial score (nSPS) is 18.3. The lowest BCUT2D eigenvalue weighted by Gasteiger charge is -2.10. The zero-order valence-electron chi connectivity index (χ0n) is 9.73. The third-order valence-corrected chi connectivity index (χ3v) is 2.79. The van der Waals surface area contributed by atoms with E-state index in [9.17, 15) is 4.79 Å². The Kier molecular flexibility index (Phi) is 5.25. The molecule has 1 saturated heterocycles. The third kappa shape index (κ3) is 3.61. The van der Waals surface area contributed by atoms with Crippen molar-refractivity contribution in [2.24, 2.45) is 5.92 Å². The summed E-state index contributed by atoms with van der Waals surface area (Å²) in [5, 5.41) is 6.08. The van der Waals surface area contributed by atoms with Gasteiger partial charge in [0.05, 0.1) is 13.0 Å². The van der Waals surface area contributed by atoms with Gasteiger partial charge < -0.3 is 15.4 Å². The van der Waals surface area contributed by atoms with E-state index in [0.717, 1.165) is 30.9 Å². The van der Waals surface area contributed by atoms with Crippen molar-refractivity contribution in [1.29, 1.82) is 0 Å². The Labute approximate surface area is 107 Å². The molecular weight excluding hydrogens is 240 g/mol. The van der Waals surface area contributed by atoms with E-state index in [4.69, 9.17) is 4.74 Å². The highest BCUT2D eigenvalue weighted by atomic mass is 35.5. The van der Waals surface area contributed by atoms with Crippen LogP contribution < -0.4 is 15.4 Å². The van der Waals surface area contributed by atoms with E-state index in [1.54, 1.807) is 7.11 Å². The number of benzene rings is 1. The van der Waals surface area contributed by atoms with Crippen molar-refractivity contribution < 1.29 is 9.53 Å². The Morgan fingerprint density at radius 2 is 2.12 bits per heavy atom. The van der Waals surface area contributed by atoms with Crippen molar-refractivity contribution in [3.63, 3.8) is 0 Å². The van der Waals surface area contributed by atoms with Crippen LogP contribution in [0.5, 0.6) is 5.75 Å². The van der Waals surface area contributed by atoms with Gasteiger partial charge in [0, 0.05) is 12.2 Å². The van der Waals surface area contributed by atoms with Crippen molar-refractivity contribution in [2.75, 3.05) is 25.5 Å². The second-order valence-corrected chi connectivity index (χ2v) is 3.91. The molecule has 1 aliphatic rings. The first-order valence-electron chi connectivity index (χ1n) is 5.45. The highest BCUT2D eigenvalue weighted by Crippen LogP contribution is 2.17. The number of halogens is 1. The molecule has 1 unspecified atom stereocenters. The fourth-order valence-corrected chi connectivity index (χ4v) is 1.80. The quantitative estimate of drug-likeness (QED) is 0.865. The summed E-state index contributed by atoms with van der Waals surface area (Å²) in [6, 6.07) is 7.36. The van der Waals surface area contributed by atoms with Gasteiger partial charge in [-0.05, 0) is 37.2 Å². The molecule has 1 amide bonds. The zero-order valence-corrected chi connectivity index (χ0v) is 10.5. The van der Waals surface area contributed by atoms with E-state index in [-0.39, 0.29) is 24.2 Å². The summed E-state index contributed by atoms with van der Waals surface area (Å²) < 4.78 is 5.05. The Hall–Kier alpha value is -1.26. The number of ether oxygens (including phenoxy) is 1. The second kappa shape index (κ2) is 6.47. The number of nitrogens with one attached hydrogen (secondary N) is 2. The van der Waals surface area contributed by atoms with E-state index in [1.807, 2.05) is 24.3 Å². The van der Waals surface area contributed by atoms with Gasteiger partial charge in [0.2, 0.25) is 5.91 Å². The number of hydrogen-bond donors (Lipinski definition) is 2. The highest BCUT2D eigenvalue weighted by Gasteiger charge is 2.22. The molecule has 1 aromatic rings. The first-order valence-corrected chi connectivity index (χ1v) is 5.45. The molecule has 0 aromatic heterocycles. The number of hydrogen-bond acceptors (Lipinski definition) is 3.